The van der Waals surface area contributed by atoms with Crippen molar-refractivity contribution in [3.05, 3.63) is 53.7 Å². The van der Waals surface area contributed by atoms with E-state index in [1.807, 2.05) is 0 Å². The summed E-state index contributed by atoms with van der Waals surface area (Å²) in [6.45, 7) is 11.5. The van der Waals surface area contributed by atoms with Crippen LogP contribution in [-0.4, -0.2) is 8.07 Å². The molecule has 0 heterocycles. The van der Waals surface area contributed by atoms with E-state index in [1.165, 1.54) is 24.8 Å². The summed E-state index contributed by atoms with van der Waals surface area (Å²) in [4.78, 5) is 0. The molecule has 0 spiro atoms. The van der Waals surface area contributed by atoms with Crippen LogP contribution in [0.3, 0.4) is 0 Å². The molecule has 0 aromatic heterocycles. The first kappa shape index (κ1) is 13.4. The smallest absolute Gasteiger partial charge is 0.0728 e. The Balaban J connectivity index is 2.58. The summed E-state index contributed by atoms with van der Waals surface area (Å²) in [5.41, 5.74) is 3.01. The lowest BCUT2D eigenvalue weighted by Gasteiger charge is -2.33. The third-order valence-electron chi connectivity index (χ3n) is 3.91. The summed E-state index contributed by atoms with van der Waals surface area (Å²) in [6.07, 6.45) is 6.04. The van der Waals surface area contributed by atoms with Crippen LogP contribution in [0.2, 0.25) is 19.6 Å². The Hall–Kier alpha value is -1.08. The van der Waals surface area contributed by atoms with E-state index in [9.17, 15) is 0 Å². The van der Waals surface area contributed by atoms with Gasteiger partial charge in [0, 0.05) is 5.92 Å². The van der Waals surface area contributed by atoms with Gasteiger partial charge in [0.1, 0.15) is 0 Å². The maximum atomic E-state index is 4.06. The lowest BCUT2D eigenvalue weighted by atomic mass is 9.83. The summed E-state index contributed by atoms with van der Waals surface area (Å²) >= 11 is 0. The molecule has 0 fully saturated rings. The predicted molar refractivity (Wildman–Crippen MR) is 84.2 cm³/mol. The molecule has 0 saturated carbocycles. The molecule has 0 radical (unpaired) electrons. The van der Waals surface area contributed by atoms with Crippen molar-refractivity contribution < 1.29 is 0 Å². The highest BCUT2D eigenvalue weighted by atomic mass is 28.3. The monoisotopic (exact) mass is 256 g/mol. The molecule has 1 atom stereocenters. The Kier molecular flexibility index (Phi) is 3.91. The van der Waals surface area contributed by atoms with Gasteiger partial charge < -0.3 is 0 Å². The van der Waals surface area contributed by atoms with Gasteiger partial charge in [0.15, 0.2) is 0 Å². The Labute approximate surface area is 112 Å². The fourth-order valence-electron chi connectivity index (χ4n) is 3.02. The van der Waals surface area contributed by atoms with Gasteiger partial charge in [-0.3, -0.25) is 0 Å². The highest BCUT2D eigenvalue weighted by Gasteiger charge is 2.29. The molecule has 0 saturated heterocycles. The molecule has 96 valence electrons. The van der Waals surface area contributed by atoms with E-state index in [1.54, 1.807) is 10.8 Å². The zero-order valence-electron chi connectivity index (χ0n) is 11.9. The third-order valence-corrected chi connectivity index (χ3v) is 6.24. The molecule has 18 heavy (non-hydrogen) atoms. The van der Waals surface area contributed by atoms with Crippen LogP contribution in [0.5, 0.6) is 0 Å². The molecule has 1 heteroatoms. The van der Waals surface area contributed by atoms with E-state index in [0.29, 0.717) is 5.92 Å². The molecule has 1 aromatic carbocycles. The van der Waals surface area contributed by atoms with E-state index in [0.717, 1.165) is 0 Å². The molecule has 0 N–H and O–H groups in total. The second kappa shape index (κ2) is 5.27. The second-order valence-corrected chi connectivity index (χ2v) is 11.3. The van der Waals surface area contributed by atoms with E-state index >= 15 is 0 Å². The van der Waals surface area contributed by atoms with E-state index in [-0.39, 0.29) is 0 Å². The summed E-state index contributed by atoms with van der Waals surface area (Å²) in [6, 6.07) is 10.9. The number of hydrogen-bond acceptors (Lipinski definition) is 0. The molecule has 1 aromatic rings. The van der Waals surface area contributed by atoms with Gasteiger partial charge in [-0.2, -0.15) is 0 Å². The average molecular weight is 256 g/mol. The van der Waals surface area contributed by atoms with Crippen molar-refractivity contribution in [1.29, 1.82) is 0 Å². The van der Waals surface area contributed by atoms with Crippen molar-refractivity contribution in [2.75, 3.05) is 0 Å². The van der Waals surface area contributed by atoms with Gasteiger partial charge in [-0.1, -0.05) is 61.2 Å². The molecule has 1 aliphatic carbocycles. The van der Waals surface area contributed by atoms with Crippen molar-refractivity contribution in [2.24, 2.45) is 5.92 Å². The van der Waals surface area contributed by atoms with Crippen LogP contribution in [0.4, 0.5) is 0 Å². The predicted octanol–water partition coefficient (Wildman–Crippen LogP) is 5.30. The lowest BCUT2D eigenvalue weighted by Crippen LogP contribution is -2.29. The first-order chi connectivity index (χ1) is 8.54. The van der Waals surface area contributed by atoms with Crippen molar-refractivity contribution in [3.63, 3.8) is 0 Å². The minimum absolute atomic E-state index is 0.558. The SMILES string of the molecule is C=CC1CCCC([Si](C)(C)C)=C1c1ccccc1. The molecular formula is C17H24Si. The van der Waals surface area contributed by atoms with E-state index < -0.39 is 8.07 Å². The average Bonchev–Trinajstić information content (AvgIpc) is 2.38. The van der Waals surface area contributed by atoms with Gasteiger partial charge in [-0.05, 0) is 30.4 Å². The van der Waals surface area contributed by atoms with E-state index in [4.69, 9.17) is 0 Å². The molecule has 1 unspecified atom stereocenters. The fraction of sp³-hybridized carbons (Fsp3) is 0.412. The molecule has 2 rings (SSSR count). The van der Waals surface area contributed by atoms with Crippen molar-refractivity contribution in [1.82, 2.24) is 0 Å². The number of benzene rings is 1. The van der Waals surface area contributed by atoms with Gasteiger partial charge in [0.05, 0.1) is 8.07 Å². The number of hydrogen-bond donors (Lipinski definition) is 0. The fourth-order valence-corrected chi connectivity index (χ4v) is 5.09. The van der Waals surface area contributed by atoms with Crippen molar-refractivity contribution in [2.45, 2.75) is 38.9 Å². The molecule has 0 bridgehead atoms. The lowest BCUT2D eigenvalue weighted by molar-refractivity contribution is 0.639. The van der Waals surface area contributed by atoms with Crippen LogP contribution >= 0.6 is 0 Å². The highest BCUT2D eigenvalue weighted by Crippen LogP contribution is 2.41. The summed E-state index contributed by atoms with van der Waals surface area (Å²) in [5, 5.41) is 1.75. The largest absolute Gasteiger partial charge is 0.102 e. The number of allylic oxidation sites excluding steroid dienone is 3. The Morgan fingerprint density at radius 1 is 1.17 bits per heavy atom. The van der Waals surface area contributed by atoms with Gasteiger partial charge in [-0.15, -0.1) is 6.58 Å². The topological polar surface area (TPSA) is 0 Å². The summed E-state index contributed by atoms with van der Waals surface area (Å²) < 4.78 is 0. The zero-order valence-corrected chi connectivity index (χ0v) is 12.9. The first-order valence-electron chi connectivity index (χ1n) is 6.95. The van der Waals surface area contributed by atoms with Crippen molar-refractivity contribution in [3.8, 4) is 0 Å². The molecule has 0 amide bonds. The van der Waals surface area contributed by atoms with Crippen LogP contribution in [0.25, 0.3) is 5.57 Å². The minimum Gasteiger partial charge on any atom is -0.102 e. The normalized spacial score (nSPS) is 20.9. The highest BCUT2D eigenvalue weighted by molar-refractivity contribution is 6.84. The molecule has 0 aliphatic heterocycles. The van der Waals surface area contributed by atoms with Crippen LogP contribution in [0.1, 0.15) is 24.8 Å². The summed E-state index contributed by atoms with van der Waals surface area (Å²) in [7, 11) is -1.23. The van der Waals surface area contributed by atoms with Gasteiger partial charge in [0.25, 0.3) is 0 Å². The summed E-state index contributed by atoms with van der Waals surface area (Å²) in [5.74, 6) is 0.558. The third kappa shape index (κ3) is 2.67. The van der Waals surface area contributed by atoms with Crippen molar-refractivity contribution >= 4 is 13.6 Å². The van der Waals surface area contributed by atoms with Gasteiger partial charge in [-0.25, -0.2) is 0 Å². The maximum Gasteiger partial charge on any atom is 0.0728 e. The standard InChI is InChI=1S/C17H24Si/c1-5-14-12-9-13-16(18(2,3)4)17(14)15-10-7-6-8-11-15/h5-8,10-11,14H,1,9,12-13H2,2-4H3. The van der Waals surface area contributed by atoms with Crippen LogP contribution in [0, 0.1) is 5.92 Å². The Bertz CT molecular complexity index is 448. The quantitative estimate of drug-likeness (QED) is 0.508. The molecular weight excluding hydrogens is 232 g/mol. The first-order valence-corrected chi connectivity index (χ1v) is 10.5. The second-order valence-electron chi connectivity index (χ2n) is 6.24. The van der Waals surface area contributed by atoms with Crippen LogP contribution < -0.4 is 0 Å². The Morgan fingerprint density at radius 2 is 1.83 bits per heavy atom. The Morgan fingerprint density at radius 3 is 2.39 bits per heavy atom. The number of rotatable bonds is 3. The zero-order chi connectivity index (χ0) is 13.2. The van der Waals surface area contributed by atoms with Gasteiger partial charge >= 0.3 is 0 Å². The molecule has 0 nitrogen and oxygen atoms in total. The maximum absolute atomic E-state index is 4.06. The molecule has 1 aliphatic rings. The van der Waals surface area contributed by atoms with Gasteiger partial charge in [0.2, 0.25) is 0 Å². The minimum atomic E-state index is -1.23. The van der Waals surface area contributed by atoms with Crippen LogP contribution in [-0.2, 0) is 0 Å². The van der Waals surface area contributed by atoms with E-state index in [2.05, 4.69) is 62.6 Å². The van der Waals surface area contributed by atoms with Crippen LogP contribution in [0.15, 0.2) is 48.2 Å².